The number of hydrogen-bond acceptors (Lipinski definition) is 4. The zero-order valence-corrected chi connectivity index (χ0v) is 9.81. The fraction of sp³-hybridized carbons (Fsp3) is 0.364. The molecule has 0 aromatic carbocycles. The molecule has 2 heterocycles. The maximum Gasteiger partial charge on any atom is 0.223 e. The van der Waals surface area contributed by atoms with E-state index in [0.717, 1.165) is 13.0 Å². The van der Waals surface area contributed by atoms with Gasteiger partial charge in [-0.2, -0.15) is 5.10 Å². The lowest BCUT2D eigenvalue weighted by Crippen LogP contribution is -2.07. The lowest BCUT2D eigenvalue weighted by Gasteiger charge is -2.06. The fourth-order valence-corrected chi connectivity index (χ4v) is 1.47. The second-order valence-electron chi connectivity index (χ2n) is 3.66. The monoisotopic (exact) mass is 235 g/mol. The van der Waals surface area contributed by atoms with Crippen LogP contribution in [0.3, 0.4) is 0 Å². The van der Waals surface area contributed by atoms with Crippen LogP contribution in [0, 0.1) is 5.82 Å². The number of halogens is 1. The molecule has 0 saturated heterocycles. The average Bonchev–Trinajstić information content (AvgIpc) is 2.74. The molecule has 1 N–H and O–H groups in total. The molecule has 0 saturated carbocycles. The second-order valence-corrected chi connectivity index (χ2v) is 3.66. The van der Waals surface area contributed by atoms with Crippen LogP contribution in [0.25, 0.3) is 11.4 Å². The summed E-state index contributed by atoms with van der Waals surface area (Å²) in [5.74, 6) is -0.0138. The Morgan fingerprint density at radius 1 is 1.47 bits per heavy atom. The number of hydrogen-bond donors (Lipinski definition) is 1. The van der Waals surface area contributed by atoms with Crippen molar-refractivity contribution in [3.8, 4) is 11.4 Å². The van der Waals surface area contributed by atoms with Gasteiger partial charge in [0.2, 0.25) is 5.95 Å². The van der Waals surface area contributed by atoms with Crippen LogP contribution in [0.1, 0.15) is 13.3 Å². The number of rotatable bonds is 4. The van der Waals surface area contributed by atoms with Crippen molar-refractivity contribution in [3.63, 3.8) is 0 Å². The first-order chi connectivity index (χ1) is 8.22. The Hall–Kier alpha value is -1.98. The van der Waals surface area contributed by atoms with E-state index in [1.54, 1.807) is 24.0 Å². The largest absolute Gasteiger partial charge is 0.354 e. The van der Waals surface area contributed by atoms with E-state index in [2.05, 4.69) is 20.4 Å². The standard InChI is InChI=1S/C11H14FN5/c1-3-5-13-11-14-7-8(12)10(16-11)9-4-6-15-17(9)2/h4,6-7H,3,5H2,1-2H3,(H,13,14,16). The van der Waals surface area contributed by atoms with E-state index in [-0.39, 0.29) is 5.69 Å². The van der Waals surface area contributed by atoms with Crippen LogP contribution >= 0.6 is 0 Å². The summed E-state index contributed by atoms with van der Waals surface area (Å²) < 4.78 is 15.2. The topological polar surface area (TPSA) is 55.6 Å². The molecule has 6 heteroatoms. The maximum absolute atomic E-state index is 13.6. The quantitative estimate of drug-likeness (QED) is 0.878. The maximum atomic E-state index is 13.6. The minimum atomic E-state index is -0.448. The molecule has 0 radical (unpaired) electrons. The Labute approximate surface area is 98.7 Å². The van der Waals surface area contributed by atoms with Gasteiger partial charge in [0.1, 0.15) is 5.69 Å². The summed E-state index contributed by atoms with van der Waals surface area (Å²) in [6, 6.07) is 1.72. The van der Waals surface area contributed by atoms with Crippen molar-refractivity contribution in [2.45, 2.75) is 13.3 Å². The molecule has 2 aromatic rings. The van der Waals surface area contributed by atoms with Crippen molar-refractivity contribution in [1.29, 1.82) is 0 Å². The summed E-state index contributed by atoms with van der Waals surface area (Å²) in [5.41, 5.74) is 0.892. The third-order valence-corrected chi connectivity index (χ3v) is 2.34. The van der Waals surface area contributed by atoms with Gasteiger partial charge in [0, 0.05) is 19.8 Å². The smallest absolute Gasteiger partial charge is 0.223 e. The summed E-state index contributed by atoms with van der Waals surface area (Å²) in [6.45, 7) is 2.80. The SMILES string of the molecule is CCCNc1ncc(F)c(-c2ccnn2C)n1. The molecule has 2 rings (SSSR count). The van der Waals surface area contributed by atoms with E-state index in [1.807, 2.05) is 6.92 Å². The van der Waals surface area contributed by atoms with Gasteiger partial charge in [0.15, 0.2) is 5.82 Å². The molecule has 90 valence electrons. The highest BCUT2D eigenvalue weighted by Crippen LogP contribution is 2.19. The summed E-state index contributed by atoms with van der Waals surface area (Å²) in [5, 5.41) is 7.02. The average molecular weight is 235 g/mol. The van der Waals surface area contributed by atoms with Gasteiger partial charge in [-0.3, -0.25) is 4.68 Å². The van der Waals surface area contributed by atoms with Crippen LogP contribution in [0.5, 0.6) is 0 Å². The second kappa shape index (κ2) is 4.90. The minimum absolute atomic E-state index is 0.263. The lowest BCUT2D eigenvalue weighted by molar-refractivity contribution is 0.614. The van der Waals surface area contributed by atoms with Crippen molar-refractivity contribution < 1.29 is 4.39 Å². The Kier molecular flexibility index (Phi) is 3.32. The van der Waals surface area contributed by atoms with E-state index in [0.29, 0.717) is 11.6 Å². The molecule has 0 bridgehead atoms. The Morgan fingerprint density at radius 2 is 2.29 bits per heavy atom. The van der Waals surface area contributed by atoms with Crippen LogP contribution in [0.15, 0.2) is 18.5 Å². The van der Waals surface area contributed by atoms with E-state index in [1.165, 1.54) is 6.20 Å². The first-order valence-electron chi connectivity index (χ1n) is 5.47. The predicted molar refractivity (Wildman–Crippen MR) is 63.0 cm³/mol. The van der Waals surface area contributed by atoms with Crippen LogP contribution in [-0.2, 0) is 7.05 Å². The van der Waals surface area contributed by atoms with Gasteiger partial charge < -0.3 is 5.32 Å². The Morgan fingerprint density at radius 3 is 2.94 bits per heavy atom. The van der Waals surface area contributed by atoms with Crippen molar-refractivity contribution in [2.75, 3.05) is 11.9 Å². The molecule has 0 unspecified atom stereocenters. The summed E-state index contributed by atoms with van der Waals surface area (Å²) in [7, 11) is 1.75. The first-order valence-corrected chi connectivity index (χ1v) is 5.47. The summed E-state index contributed by atoms with van der Waals surface area (Å²) in [6.07, 6.45) is 3.74. The van der Waals surface area contributed by atoms with Crippen molar-refractivity contribution in [3.05, 3.63) is 24.3 Å². The molecule has 0 atom stereocenters. The number of anilines is 1. The number of nitrogens with one attached hydrogen (secondary N) is 1. The molecule has 0 spiro atoms. The van der Waals surface area contributed by atoms with Gasteiger partial charge in [-0.05, 0) is 12.5 Å². The molecule has 0 amide bonds. The molecular weight excluding hydrogens is 221 g/mol. The van der Waals surface area contributed by atoms with E-state index >= 15 is 0 Å². The van der Waals surface area contributed by atoms with E-state index in [4.69, 9.17) is 0 Å². The summed E-state index contributed by atoms with van der Waals surface area (Å²) >= 11 is 0. The Bertz CT molecular complexity index is 508. The first kappa shape index (κ1) is 11.5. The zero-order chi connectivity index (χ0) is 12.3. The van der Waals surface area contributed by atoms with E-state index in [9.17, 15) is 4.39 Å². The number of aryl methyl sites for hydroxylation is 1. The molecule has 17 heavy (non-hydrogen) atoms. The van der Waals surface area contributed by atoms with Crippen molar-refractivity contribution in [1.82, 2.24) is 19.7 Å². The van der Waals surface area contributed by atoms with Gasteiger partial charge >= 0.3 is 0 Å². The Balaban J connectivity index is 2.36. The number of nitrogens with zero attached hydrogens (tertiary/aromatic N) is 4. The highest BCUT2D eigenvalue weighted by molar-refractivity contribution is 5.56. The van der Waals surface area contributed by atoms with Crippen molar-refractivity contribution >= 4 is 5.95 Å². The van der Waals surface area contributed by atoms with E-state index < -0.39 is 5.82 Å². The molecule has 2 aromatic heterocycles. The third-order valence-electron chi connectivity index (χ3n) is 2.34. The predicted octanol–water partition coefficient (Wildman–Crippen LogP) is 1.84. The fourth-order valence-electron chi connectivity index (χ4n) is 1.47. The van der Waals surface area contributed by atoms with Crippen LogP contribution < -0.4 is 5.32 Å². The van der Waals surface area contributed by atoms with Crippen LogP contribution in [0.2, 0.25) is 0 Å². The molecule has 0 aliphatic rings. The molecule has 0 aliphatic carbocycles. The highest BCUT2D eigenvalue weighted by Gasteiger charge is 2.12. The minimum Gasteiger partial charge on any atom is -0.354 e. The van der Waals surface area contributed by atoms with Crippen LogP contribution in [0.4, 0.5) is 10.3 Å². The molecule has 0 fully saturated rings. The van der Waals surface area contributed by atoms with Gasteiger partial charge in [-0.1, -0.05) is 6.92 Å². The normalized spacial score (nSPS) is 10.5. The van der Waals surface area contributed by atoms with Crippen LogP contribution in [-0.4, -0.2) is 26.3 Å². The third kappa shape index (κ3) is 2.41. The van der Waals surface area contributed by atoms with Gasteiger partial charge in [-0.25, -0.2) is 14.4 Å². The lowest BCUT2D eigenvalue weighted by atomic mass is 10.3. The van der Waals surface area contributed by atoms with Crippen molar-refractivity contribution in [2.24, 2.45) is 7.05 Å². The molecular formula is C11H14FN5. The molecule has 0 aliphatic heterocycles. The number of aromatic nitrogens is 4. The highest BCUT2D eigenvalue weighted by atomic mass is 19.1. The van der Waals surface area contributed by atoms with Gasteiger partial charge in [0.05, 0.1) is 11.9 Å². The van der Waals surface area contributed by atoms with Gasteiger partial charge in [0.25, 0.3) is 0 Å². The van der Waals surface area contributed by atoms with Gasteiger partial charge in [-0.15, -0.1) is 0 Å². The summed E-state index contributed by atoms with van der Waals surface area (Å²) in [4.78, 5) is 8.04. The zero-order valence-electron chi connectivity index (χ0n) is 9.81. The molecule has 5 nitrogen and oxygen atoms in total.